The van der Waals surface area contributed by atoms with Crippen LogP contribution in [0.4, 0.5) is 11.8 Å². The van der Waals surface area contributed by atoms with Gasteiger partial charge in [-0.15, -0.1) is 0 Å². The zero-order valence-electron chi connectivity index (χ0n) is 11.7. The topological polar surface area (TPSA) is 92.9 Å². The summed E-state index contributed by atoms with van der Waals surface area (Å²) in [7, 11) is 0. The van der Waals surface area contributed by atoms with Crippen LogP contribution in [0.3, 0.4) is 0 Å². The van der Waals surface area contributed by atoms with Gasteiger partial charge in [-0.3, -0.25) is 4.79 Å². The number of carbonyl (C=O) groups is 1. The third-order valence-electron chi connectivity index (χ3n) is 2.75. The van der Waals surface area contributed by atoms with Crippen molar-refractivity contribution < 1.29 is 4.79 Å². The SMILES string of the molecule is CC(C)(C)CNc1ncc(C(N)=O)c(NC2CC2)n1. The Kier molecular flexibility index (Phi) is 3.59. The van der Waals surface area contributed by atoms with Gasteiger partial charge in [-0.1, -0.05) is 20.8 Å². The molecule has 0 saturated heterocycles. The fourth-order valence-electron chi connectivity index (χ4n) is 1.52. The fraction of sp³-hybridized carbons (Fsp3) is 0.615. The van der Waals surface area contributed by atoms with Crippen LogP contribution >= 0.6 is 0 Å². The predicted molar refractivity (Wildman–Crippen MR) is 75.1 cm³/mol. The van der Waals surface area contributed by atoms with E-state index in [1.54, 1.807) is 0 Å². The van der Waals surface area contributed by atoms with Crippen molar-refractivity contribution in [1.29, 1.82) is 0 Å². The molecule has 0 bridgehead atoms. The number of hydrogen-bond acceptors (Lipinski definition) is 5. The Morgan fingerprint density at radius 2 is 2.16 bits per heavy atom. The summed E-state index contributed by atoms with van der Waals surface area (Å²) in [5.41, 5.74) is 5.80. The number of nitrogens with one attached hydrogen (secondary N) is 2. The van der Waals surface area contributed by atoms with Crippen molar-refractivity contribution in [2.75, 3.05) is 17.2 Å². The Bertz CT molecular complexity index is 476. The molecule has 1 aromatic heterocycles. The number of rotatable bonds is 5. The van der Waals surface area contributed by atoms with Crippen LogP contribution in [0.25, 0.3) is 0 Å². The van der Waals surface area contributed by atoms with E-state index in [2.05, 4.69) is 41.4 Å². The van der Waals surface area contributed by atoms with Gasteiger partial charge in [0.15, 0.2) is 0 Å². The molecule has 1 aliphatic carbocycles. The largest absolute Gasteiger partial charge is 0.367 e. The first-order chi connectivity index (χ1) is 8.85. The highest BCUT2D eigenvalue weighted by Gasteiger charge is 2.24. The maximum Gasteiger partial charge on any atom is 0.254 e. The van der Waals surface area contributed by atoms with Crippen LogP contribution in [0.5, 0.6) is 0 Å². The van der Waals surface area contributed by atoms with E-state index in [-0.39, 0.29) is 5.41 Å². The molecule has 1 heterocycles. The average Bonchev–Trinajstić information content (AvgIpc) is 3.09. The molecule has 4 N–H and O–H groups in total. The van der Waals surface area contributed by atoms with Crippen molar-refractivity contribution in [3.63, 3.8) is 0 Å². The molecule has 0 atom stereocenters. The quantitative estimate of drug-likeness (QED) is 0.750. The van der Waals surface area contributed by atoms with E-state index in [0.29, 0.717) is 23.4 Å². The van der Waals surface area contributed by atoms with Gasteiger partial charge in [0.05, 0.1) is 5.56 Å². The number of hydrogen-bond donors (Lipinski definition) is 3. The first-order valence-electron chi connectivity index (χ1n) is 6.52. The molecule has 104 valence electrons. The van der Waals surface area contributed by atoms with Crippen molar-refractivity contribution >= 4 is 17.7 Å². The van der Waals surface area contributed by atoms with Gasteiger partial charge in [0.2, 0.25) is 5.95 Å². The average molecular weight is 263 g/mol. The minimum Gasteiger partial charge on any atom is -0.367 e. The number of primary amides is 1. The van der Waals surface area contributed by atoms with Crippen molar-refractivity contribution in [2.24, 2.45) is 11.1 Å². The summed E-state index contributed by atoms with van der Waals surface area (Å²) in [5.74, 6) is 0.537. The molecule has 0 aliphatic heterocycles. The molecular weight excluding hydrogens is 242 g/mol. The van der Waals surface area contributed by atoms with E-state index in [1.165, 1.54) is 6.20 Å². The van der Waals surface area contributed by atoms with Crippen LogP contribution < -0.4 is 16.4 Å². The van der Waals surface area contributed by atoms with Crippen molar-refractivity contribution in [1.82, 2.24) is 9.97 Å². The minimum atomic E-state index is -0.509. The molecule has 0 radical (unpaired) electrons. The Morgan fingerprint density at radius 1 is 1.47 bits per heavy atom. The highest BCUT2D eigenvalue weighted by atomic mass is 16.1. The summed E-state index contributed by atoms with van der Waals surface area (Å²) in [5, 5.41) is 6.38. The summed E-state index contributed by atoms with van der Waals surface area (Å²) < 4.78 is 0. The number of amides is 1. The van der Waals surface area contributed by atoms with Gasteiger partial charge in [0.1, 0.15) is 5.82 Å². The number of nitrogens with two attached hydrogens (primary N) is 1. The molecule has 0 spiro atoms. The molecule has 6 heteroatoms. The lowest BCUT2D eigenvalue weighted by Crippen LogP contribution is -2.22. The smallest absolute Gasteiger partial charge is 0.254 e. The van der Waals surface area contributed by atoms with Crippen LogP contribution in [0.2, 0.25) is 0 Å². The van der Waals surface area contributed by atoms with Crippen molar-refractivity contribution in [2.45, 2.75) is 39.7 Å². The molecule has 6 nitrogen and oxygen atoms in total. The Labute approximate surface area is 113 Å². The molecule has 1 amide bonds. The normalized spacial score (nSPS) is 15.1. The van der Waals surface area contributed by atoms with Crippen LogP contribution in [0.1, 0.15) is 44.0 Å². The zero-order valence-corrected chi connectivity index (χ0v) is 11.7. The second-order valence-electron chi connectivity index (χ2n) is 6.15. The Balaban J connectivity index is 2.14. The fourth-order valence-corrected chi connectivity index (χ4v) is 1.52. The predicted octanol–water partition coefficient (Wildman–Crippen LogP) is 1.61. The van der Waals surface area contributed by atoms with Gasteiger partial charge in [0, 0.05) is 18.8 Å². The number of anilines is 2. The van der Waals surface area contributed by atoms with Gasteiger partial charge in [-0.25, -0.2) is 4.98 Å². The van der Waals surface area contributed by atoms with Crippen LogP contribution in [-0.2, 0) is 0 Å². The lowest BCUT2D eigenvalue weighted by Gasteiger charge is -2.19. The summed E-state index contributed by atoms with van der Waals surface area (Å²) in [6, 6.07) is 0.406. The summed E-state index contributed by atoms with van der Waals surface area (Å²) >= 11 is 0. The van der Waals surface area contributed by atoms with E-state index in [1.807, 2.05) is 0 Å². The van der Waals surface area contributed by atoms with Gasteiger partial charge in [-0.2, -0.15) is 4.98 Å². The van der Waals surface area contributed by atoms with E-state index >= 15 is 0 Å². The summed E-state index contributed by atoms with van der Waals surface area (Å²) in [6.07, 6.45) is 3.69. The maximum absolute atomic E-state index is 11.3. The zero-order chi connectivity index (χ0) is 14.0. The van der Waals surface area contributed by atoms with Crippen LogP contribution in [0, 0.1) is 5.41 Å². The van der Waals surface area contributed by atoms with Gasteiger partial charge < -0.3 is 16.4 Å². The monoisotopic (exact) mass is 263 g/mol. The molecule has 0 unspecified atom stereocenters. The second-order valence-corrected chi connectivity index (χ2v) is 6.15. The molecule has 1 saturated carbocycles. The Hall–Kier alpha value is -1.85. The standard InChI is InChI=1S/C13H21N5O/c1-13(2,3)7-16-12-15-6-9(10(14)19)11(18-12)17-8-4-5-8/h6,8H,4-5,7H2,1-3H3,(H2,14,19)(H2,15,16,17,18). The number of nitrogens with zero attached hydrogens (tertiary/aromatic N) is 2. The molecule has 2 rings (SSSR count). The van der Waals surface area contributed by atoms with Crippen LogP contribution in [0.15, 0.2) is 6.20 Å². The number of aromatic nitrogens is 2. The molecule has 19 heavy (non-hydrogen) atoms. The highest BCUT2D eigenvalue weighted by Crippen LogP contribution is 2.26. The maximum atomic E-state index is 11.3. The third-order valence-corrected chi connectivity index (χ3v) is 2.75. The minimum absolute atomic E-state index is 0.135. The number of carbonyl (C=O) groups excluding carboxylic acids is 1. The van der Waals surface area contributed by atoms with Crippen molar-refractivity contribution in [3.8, 4) is 0 Å². The van der Waals surface area contributed by atoms with E-state index < -0.39 is 5.91 Å². The Morgan fingerprint density at radius 3 is 2.68 bits per heavy atom. The van der Waals surface area contributed by atoms with Gasteiger partial charge >= 0.3 is 0 Å². The summed E-state index contributed by atoms with van der Waals surface area (Å²) in [4.78, 5) is 19.8. The molecule has 1 aromatic rings. The van der Waals surface area contributed by atoms with E-state index in [9.17, 15) is 4.79 Å². The molecule has 1 aliphatic rings. The first-order valence-corrected chi connectivity index (χ1v) is 6.52. The summed E-state index contributed by atoms with van der Waals surface area (Å²) in [6.45, 7) is 7.13. The lowest BCUT2D eigenvalue weighted by molar-refractivity contribution is 0.100. The highest BCUT2D eigenvalue weighted by molar-refractivity contribution is 5.97. The molecule has 0 aromatic carbocycles. The van der Waals surface area contributed by atoms with Gasteiger partial charge in [0.25, 0.3) is 5.91 Å². The van der Waals surface area contributed by atoms with Crippen molar-refractivity contribution in [3.05, 3.63) is 11.8 Å². The van der Waals surface area contributed by atoms with E-state index in [4.69, 9.17) is 5.73 Å². The lowest BCUT2D eigenvalue weighted by atomic mass is 9.97. The third kappa shape index (κ3) is 4.08. The van der Waals surface area contributed by atoms with Crippen LogP contribution in [-0.4, -0.2) is 28.5 Å². The van der Waals surface area contributed by atoms with E-state index in [0.717, 1.165) is 19.4 Å². The first kappa shape index (κ1) is 13.6. The molecule has 1 fully saturated rings. The van der Waals surface area contributed by atoms with Gasteiger partial charge in [-0.05, 0) is 18.3 Å². The second kappa shape index (κ2) is 5.03. The molecular formula is C13H21N5O.